The minimum absolute atomic E-state index is 0.218. The van der Waals surface area contributed by atoms with Crippen LogP contribution >= 0.6 is 0 Å². The molecule has 3 aromatic rings. The Balaban J connectivity index is 1.61. The highest BCUT2D eigenvalue weighted by Crippen LogP contribution is 2.36. The summed E-state index contributed by atoms with van der Waals surface area (Å²) in [6.07, 6.45) is 1.25. The molecule has 0 amide bonds. The van der Waals surface area contributed by atoms with E-state index in [9.17, 15) is 4.79 Å². The number of allylic oxidation sites excluding steroid dienone is 1. The van der Waals surface area contributed by atoms with Gasteiger partial charge in [-0.2, -0.15) is 10.1 Å². The molecule has 154 valence electrons. The van der Waals surface area contributed by atoms with E-state index in [-0.39, 0.29) is 12.1 Å². The minimum Gasteiger partial charge on any atom is -0.489 e. The van der Waals surface area contributed by atoms with E-state index in [2.05, 4.69) is 15.4 Å². The largest absolute Gasteiger partial charge is 0.489 e. The fourth-order valence-corrected chi connectivity index (χ4v) is 3.43. The average Bonchev–Trinajstić information content (AvgIpc) is 3.20. The molecule has 1 atom stereocenters. The molecule has 1 aliphatic heterocycles. The van der Waals surface area contributed by atoms with Crippen LogP contribution < -0.4 is 10.1 Å². The van der Waals surface area contributed by atoms with Gasteiger partial charge in [0.05, 0.1) is 11.7 Å². The molecule has 0 aliphatic carbocycles. The Bertz CT molecular complexity index is 1060. The molecule has 0 bridgehead atoms. The van der Waals surface area contributed by atoms with E-state index < -0.39 is 6.04 Å². The number of benzene rings is 2. The van der Waals surface area contributed by atoms with Crippen LogP contribution in [0.3, 0.4) is 0 Å². The van der Waals surface area contributed by atoms with Gasteiger partial charge in [0, 0.05) is 5.70 Å². The second kappa shape index (κ2) is 8.41. The Morgan fingerprint density at radius 1 is 1.13 bits per heavy atom. The number of carbonyl (C=O) groups is 1. The van der Waals surface area contributed by atoms with Crippen LogP contribution in [0.15, 0.2) is 72.2 Å². The van der Waals surface area contributed by atoms with Crippen LogP contribution in [-0.2, 0) is 16.1 Å². The Kier molecular flexibility index (Phi) is 5.52. The molecule has 2 aromatic carbocycles. The molecule has 0 saturated heterocycles. The van der Waals surface area contributed by atoms with Crippen LogP contribution in [0.25, 0.3) is 0 Å². The van der Waals surface area contributed by atoms with Gasteiger partial charge in [-0.25, -0.2) is 9.48 Å². The summed E-state index contributed by atoms with van der Waals surface area (Å²) < 4.78 is 13.1. The van der Waals surface area contributed by atoms with Crippen LogP contribution in [0.2, 0.25) is 0 Å². The molecule has 2 heterocycles. The number of ether oxygens (including phenoxy) is 2. The predicted molar refractivity (Wildman–Crippen MR) is 113 cm³/mol. The fourth-order valence-electron chi connectivity index (χ4n) is 3.43. The monoisotopic (exact) mass is 404 g/mol. The van der Waals surface area contributed by atoms with Gasteiger partial charge in [0.2, 0.25) is 5.95 Å². The second-order valence-electron chi connectivity index (χ2n) is 7.39. The van der Waals surface area contributed by atoms with Crippen molar-refractivity contribution in [1.29, 1.82) is 0 Å². The van der Waals surface area contributed by atoms with Gasteiger partial charge < -0.3 is 14.8 Å². The van der Waals surface area contributed by atoms with E-state index in [1.54, 1.807) is 4.68 Å². The molecule has 0 radical (unpaired) electrons. The topological polar surface area (TPSA) is 78.3 Å². The molecule has 1 aliphatic rings. The minimum atomic E-state index is -0.432. The summed E-state index contributed by atoms with van der Waals surface area (Å²) in [5.74, 6) is 0.968. The number of fused-ring (bicyclic) bond motifs is 1. The molecule has 0 fully saturated rings. The smallest absolute Gasteiger partial charge is 0.338 e. The standard InChI is InChI=1S/C23H24N4O3/c1-15(2)30-22(28)20-16(3)26-23-24-14-25-27(23)21(20)18-9-11-19(12-10-18)29-13-17-7-5-4-6-8-17/h4-12,14-15,21H,13H2,1-3H3,(H,24,25,26)/t21-/m1/s1. The molecular formula is C23H24N4O3. The van der Waals surface area contributed by atoms with Gasteiger partial charge in [-0.05, 0) is 44.0 Å². The van der Waals surface area contributed by atoms with Crippen molar-refractivity contribution < 1.29 is 14.3 Å². The molecule has 7 nitrogen and oxygen atoms in total. The Hall–Kier alpha value is -3.61. The molecule has 1 aromatic heterocycles. The Morgan fingerprint density at radius 3 is 2.57 bits per heavy atom. The highest BCUT2D eigenvalue weighted by atomic mass is 16.5. The summed E-state index contributed by atoms with van der Waals surface area (Å²) in [7, 11) is 0. The van der Waals surface area contributed by atoms with Crippen molar-refractivity contribution in [2.75, 3.05) is 5.32 Å². The SMILES string of the molecule is CC1=C(C(=O)OC(C)C)[C@@H](c2ccc(OCc3ccccc3)cc2)n2ncnc2N1. The summed E-state index contributed by atoms with van der Waals surface area (Å²) in [5, 5.41) is 7.47. The Morgan fingerprint density at radius 2 is 1.87 bits per heavy atom. The number of hydrogen-bond donors (Lipinski definition) is 1. The summed E-state index contributed by atoms with van der Waals surface area (Å²) >= 11 is 0. The number of esters is 1. The summed E-state index contributed by atoms with van der Waals surface area (Å²) in [6, 6.07) is 17.3. The average molecular weight is 404 g/mol. The number of rotatable bonds is 6. The van der Waals surface area contributed by atoms with E-state index in [0.717, 1.165) is 16.9 Å². The zero-order valence-electron chi connectivity index (χ0n) is 17.2. The normalized spacial score (nSPS) is 15.5. The van der Waals surface area contributed by atoms with E-state index in [0.29, 0.717) is 23.8 Å². The molecule has 0 unspecified atom stereocenters. The highest BCUT2D eigenvalue weighted by Gasteiger charge is 2.34. The molecule has 7 heteroatoms. The maximum atomic E-state index is 12.9. The van der Waals surface area contributed by atoms with Gasteiger partial charge in [-0.1, -0.05) is 42.5 Å². The van der Waals surface area contributed by atoms with Crippen molar-refractivity contribution in [3.63, 3.8) is 0 Å². The zero-order chi connectivity index (χ0) is 21.1. The fraction of sp³-hybridized carbons (Fsp3) is 0.261. The lowest BCUT2D eigenvalue weighted by molar-refractivity contribution is -0.143. The van der Waals surface area contributed by atoms with Gasteiger partial charge in [-0.15, -0.1) is 0 Å². The molecule has 0 saturated carbocycles. The van der Waals surface area contributed by atoms with Gasteiger partial charge in [-0.3, -0.25) is 0 Å². The number of nitrogens with one attached hydrogen (secondary N) is 1. The first kappa shape index (κ1) is 19.7. The molecule has 30 heavy (non-hydrogen) atoms. The molecule has 0 spiro atoms. The van der Waals surface area contributed by atoms with Crippen molar-refractivity contribution in [2.24, 2.45) is 0 Å². The summed E-state index contributed by atoms with van der Waals surface area (Å²) in [5.41, 5.74) is 3.21. The first-order chi connectivity index (χ1) is 14.5. The lowest BCUT2D eigenvalue weighted by atomic mass is 9.95. The third-order valence-electron chi connectivity index (χ3n) is 4.80. The zero-order valence-corrected chi connectivity index (χ0v) is 17.2. The van der Waals surface area contributed by atoms with E-state index in [1.807, 2.05) is 75.4 Å². The molecule has 1 N–H and O–H groups in total. The van der Waals surface area contributed by atoms with Gasteiger partial charge in [0.15, 0.2) is 0 Å². The Labute approximate surface area is 175 Å². The van der Waals surface area contributed by atoms with E-state index in [1.165, 1.54) is 6.33 Å². The highest BCUT2D eigenvalue weighted by molar-refractivity contribution is 5.92. The number of carbonyl (C=O) groups excluding carboxylic acids is 1. The number of anilines is 1. The van der Waals surface area contributed by atoms with Crippen LogP contribution in [0.1, 0.15) is 37.9 Å². The van der Waals surface area contributed by atoms with Crippen LogP contribution in [-0.4, -0.2) is 26.8 Å². The van der Waals surface area contributed by atoms with Gasteiger partial charge in [0.25, 0.3) is 0 Å². The third kappa shape index (κ3) is 4.05. The van der Waals surface area contributed by atoms with Crippen molar-refractivity contribution in [3.05, 3.63) is 83.3 Å². The third-order valence-corrected chi connectivity index (χ3v) is 4.80. The first-order valence-corrected chi connectivity index (χ1v) is 9.88. The van der Waals surface area contributed by atoms with Gasteiger partial charge >= 0.3 is 5.97 Å². The van der Waals surface area contributed by atoms with Crippen molar-refractivity contribution in [2.45, 2.75) is 39.5 Å². The predicted octanol–water partition coefficient (Wildman–Crippen LogP) is 4.10. The summed E-state index contributed by atoms with van der Waals surface area (Å²) in [4.78, 5) is 17.1. The quantitative estimate of drug-likeness (QED) is 0.623. The van der Waals surface area contributed by atoms with Gasteiger partial charge in [0.1, 0.15) is 24.7 Å². The maximum absolute atomic E-state index is 12.9. The lowest BCUT2D eigenvalue weighted by Crippen LogP contribution is -2.30. The van der Waals surface area contributed by atoms with Crippen molar-refractivity contribution in [1.82, 2.24) is 14.8 Å². The number of nitrogens with zero attached hydrogens (tertiary/aromatic N) is 3. The first-order valence-electron chi connectivity index (χ1n) is 9.88. The van der Waals surface area contributed by atoms with Crippen LogP contribution in [0.4, 0.5) is 5.95 Å². The van der Waals surface area contributed by atoms with Crippen LogP contribution in [0, 0.1) is 0 Å². The molecular weight excluding hydrogens is 380 g/mol. The number of aromatic nitrogens is 3. The summed E-state index contributed by atoms with van der Waals surface area (Å²) in [6.45, 7) is 6.00. The van der Waals surface area contributed by atoms with Crippen molar-refractivity contribution in [3.8, 4) is 5.75 Å². The maximum Gasteiger partial charge on any atom is 0.338 e. The molecule has 4 rings (SSSR count). The second-order valence-corrected chi connectivity index (χ2v) is 7.39. The van der Waals surface area contributed by atoms with Crippen LogP contribution in [0.5, 0.6) is 5.75 Å². The van der Waals surface area contributed by atoms with E-state index >= 15 is 0 Å². The van der Waals surface area contributed by atoms with Crippen molar-refractivity contribution >= 4 is 11.9 Å². The lowest BCUT2D eigenvalue weighted by Gasteiger charge is -2.28. The number of hydrogen-bond acceptors (Lipinski definition) is 6. The van der Waals surface area contributed by atoms with E-state index in [4.69, 9.17) is 9.47 Å².